The standard InChI is InChI=1S/C42H72O8/c1-29(47-37-15-7-33(8-16-37)23-31-3-11-35(12-4-31)43-25-41-27-45-41)49-39-19-21-40(22-20-39)50-30(2)48-38-17-9-34(10-18-38)24-32-5-13-36(14-6-32)44-26-42-28-46-42/h29-42H,3-28H2,1-2H3. The van der Waals surface area contributed by atoms with Gasteiger partial charge in [-0.15, -0.1) is 0 Å². The molecule has 2 heterocycles. The molecular formula is C42H72O8. The van der Waals surface area contributed by atoms with Gasteiger partial charge in [-0.05, 0) is 179 Å². The largest absolute Gasteiger partial charge is 0.375 e. The fourth-order valence-corrected chi connectivity index (χ4v) is 10.3. The number of rotatable bonds is 18. The summed E-state index contributed by atoms with van der Waals surface area (Å²) in [5.41, 5.74) is 0. The fourth-order valence-electron chi connectivity index (χ4n) is 10.3. The van der Waals surface area contributed by atoms with Crippen LogP contribution in [0.5, 0.6) is 0 Å². The Hall–Kier alpha value is -0.320. The van der Waals surface area contributed by atoms with Crippen molar-refractivity contribution < 1.29 is 37.9 Å². The molecule has 2 aliphatic heterocycles. The zero-order valence-corrected chi connectivity index (χ0v) is 31.7. The molecule has 5 aliphatic carbocycles. The van der Waals surface area contributed by atoms with Crippen molar-refractivity contribution in [3.05, 3.63) is 0 Å². The zero-order chi connectivity index (χ0) is 34.1. The summed E-state index contributed by atoms with van der Waals surface area (Å²) in [5.74, 6) is 3.53. The van der Waals surface area contributed by atoms with Crippen LogP contribution in [0.3, 0.4) is 0 Å². The van der Waals surface area contributed by atoms with Crippen molar-refractivity contribution in [2.75, 3.05) is 26.4 Å². The van der Waals surface area contributed by atoms with Crippen LogP contribution in [0.25, 0.3) is 0 Å². The summed E-state index contributed by atoms with van der Waals surface area (Å²) >= 11 is 0. The molecule has 288 valence electrons. The number of epoxide rings is 2. The second-order valence-corrected chi connectivity index (χ2v) is 17.7. The van der Waals surface area contributed by atoms with Gasteiger partial charge in [0.15, 0.2) is 12.6 Å². The normalized spacial score (nSPS) is 42.1. The van der Waals surface area contributed by atoms with Gasteiger partial charge in [0.25, 0.3) is 0 Å². The molecule has 0 N–H and O–H groups in total. The van der Waals surface area contributed by atoms with E-state index in [0.29, 0.717) is 36.6 Å². The van der Waals surface area contributed by atoms with E-state index >= 15 is 0 Å². The van der Waals surface area contributed by atoms with Gasteiger partial charge >= 0.3 is 0 Å². The van der Waals surface area contributed by atoms with Gasteiger partial charge in [-0.1, -0.05) is 0 Å². The first-order valence-electron chi connectivity index (χ1n) is 21.6. The van der Waals surface area contributed by atoms with Crippen molar-refractivity contribution in [1.29, 1.82) is 0 Å². The van der Waals surface area contributed by atoms with E-state index in [-0.39, 0.29) is 24.8 Å². The lowest BCUT2D eigenvalue weighted by Crippen LogP contribution is -2.35. The van der Waals surface area contributed by atoms with Crippen LogP contribution in [0.4, 0.5) is 0 Å². The number of hydrogen-bond donors (Lipinski definition) is 0. The molecule has 2 saturated heterocycles. The first-order valence-corrected chi connectivity index (χ1v) is 21.6. The van der Waals surface area contributed by atoms with E-state index in [4.69, 9.17) is 37.9 Å². The summed E-state index contributed by atoms with van der Waals surface area (Å²) in [7, 11) is 0. The van der Waals surface area contributed by atoms with Gasteiger partial charge in [-0.3, -0.25) is 0 Å². The summed E-state index contributed by atoms with van der Waals surface area (Å²) in [6.07, 6.45) is 30.1. The molecule has 7 aliphatic rings. The van der Waals surface area contributed by atoms with E-state index in [1.807, 2.05) is 0 Å². The summed E-state index contributed by atoms with van der Waals surface area (Å²) < 4.78 is 48.4. The van der Waals surface area contributed by atoms with Crippen molar-refractivity contribution >= 4 is 0 Å². The first kappa shape index (κ1) is 38.0. The van der Waals surface area contributed by atoms with E-state index in [0.717, 1.165) is 75.8 Å². The van der Waals surface area contributed by atoms with Gasteiger partial charge in [0.1, 0.15) is 12.2 Å². The van der Waals surface area contributed by atoms with E-state index in [1.54, 1.807) is 0 Å². The molecule has 50 heavy (non-hydrogen) atoms. The monoisotopic (exact) mass is 705 g/mol. The van der Waals surface area contributed by atoms with Crippen molar-refractivity contribution in [2.45, 2.75) is 217 Å². The lowest BCUT2D eigenvalue weighted by atomic mass is 9.76. The Bertz CT molecular complexity index is 857. The predicted molar refractivity (Wildman–Crippen MR) is 193 cm³/mol. The van der Waals surface area contributed by atoms with Crippen LogP contribution in [0.2, 0.25) is 0 Å². The van der Waals surface area contributed by atoms with Crippen LogP contribution in [0.1, 0.15) is 155 Å². The Balaban J connectivity index is 0.686. The highest BCUT2D eigenvalue weighted by molar-refractivity contribution is 4.82. The molecule has 0 spiro atoms. The van der Waals surface area contributed by atoms with Gasteiger partial charge in [0, 0.05) is 0 Å². The van der Waals surface area contributed by atoms with Gasteiger partial charge in [-0.2, -0.15) is 0 Å². The maximum Gasteiger partial charge on any atom is 0.155 e. The molecule has 0 aromatic heterocycles. The molecule has 4 unspecified atom stereocenters. The van der Waals surface area contributed by atoms with E-state index in [9.17, 15) is 0 Å². The van der Waals surface area contributed by atoms with E-state index in [1.165, 1.54) is 116 Å². The predicted octanol–water partition coefficient (Wildman–Crippen LogP) is 8.90. The van der Waals surface area contributed by atoms with Gasteiger partial charge in [-0.25, -0.2) is 0 Å². The maximum atomic E-state index is 6.44. The molecule has 5 saturated carbocycles. The van der Waals surface area contributed by atoms with E-state index in [2.05, 4.69) is 13.8 Å². The topological polar surface area (TPSA) is 80.4 Å². The molecule has 0 bridgehead atoms. The number of hydrogen-bond acceptors (Lipinski definition) is 8. The second-order valence-electron chi connectivity index (χ2n) is 17.7. The Kier molecular flexibility index (Phi) is 14.7. The molecule has 7 rings (SSSR count). The molecule has 0 amide bonds. The Morgan fingerprint density at radius 3 is 0.880 bits per heavy atom. The summed E-state index contributed by atoms with van der Waals surface area (Å²) in [6, 6.07) is 0. The second kappa shape index (κ2) is 19.3. The van der Waals surface area contributed by atoms with Crippen molar-refractivity contribution in [3.63, 3.8) is 0 Å². The minimum Gasteiger partial charge on any atom is -0.375 e. The Morgan fingerprint density at radius 1 is 0.380 bits per heavy atom. The molecule has 0 aromatic carbocycles. The summed E-state index contributed by atoms with van der Waals surface area (Å²) in [6.45, 7) is 7.64. The Morgan fingerprint density at radius 2 is 0.620 bits per heavy atom. The maximum absolute atomic E-state index is 6.44. The van der Waals surface area contributed by atoms with Crippen molar-refractivity contribution in [3.8, 4) is 0 Å². The first-order chi connectivity index (χ1) is 24.5. The molecule has 4 atom stereocenters. The van der Waals surface area contributed by atoms with Crippen LogP contribution < -0.4 is 0 Å². The quantitative estimate of drug-likeness (QED) is 0.103. The fraction of sp³-hybridized carbons (Fsp3) is 1.00. The summed E-state index contributed by atoms with van der Waals surface area (Å²) in [5, 5.41) is 0. The SMILES string of the molecule is CC(OC1CCC(CC2CCC(OCC3CO3)CC2)CC1)OC1CCC(OC(C)OC2CCC(CC3CCC(OCC4CO4)CC3)CC2)CC1. The molecule has 8 nitrogen and oxygen atoms in total. The molecule has 0 radical (unpaired) electrons. The third-order valence-corrected chi connectivity index (χ3v) is 13.5. The molecular weight excluding hydrogens is 632 g/mol. The minimum absolute atomic E-state index is 0.121. The van der Waals surface area contributed by atoms with E-state index < -0.39 is 0 Å². The molecule has 8 heteroatoms. The highest BCUT2D eigenvalue weighted by Gasteiger charge is 2.33. The average Bonchev–Trinajstić information content (AvgIpc) is 4.07. The van der Waals surface area contributed by atoms with Crippen LogP contribution in [0, 0.1) is 23.7 Å². The Labute approximate surface area is 304 Å². The highest BCUT2D eigenvalue weighted by Crippen LogP contribution is 2.39. The van der Waals surface area contributed by atoms with Gasteiger partial charge in [0.2, 0.25) is 0 Å². The third-order valence-electron chi connectivity index (χ3n) is 13.5. The number of ether oxygens (including phenoxy) is 8. The van der Waals surface area contributed by atoms with Gasteiger partial charge < -0.3 is 37.9 Å². The van der Waals surface area contributed by atoms with Crippen molar-refractivity contribution in [1.82, 2.24) is 0 Å². The lowest BCUT2D eigenvalue weighted by Gasteiger charge is -2.36. The highest BCUT2D eigenvalue weighted by atomic mass is 16.7. The smallest absolute Gasteiger partial charge is 0.155 e. The van der Waals surface area contributed by atoms with Crippen LogP contribution in [0.15, 0.2) is 0 Å². The van der Waals surface area contributed by atoms with Crippen LogP contribution in [-0.2, 0) is 37.9 Å². The summed E-state index contributed by atoms with van der Waals surface area (Å²) in [4.78, 5) is 0. The van der Waals surface area contributed by atoms with Crippen LogP contribution in [-0.4, -0.2) is 87.8 Å². The third kappa shape index (κ3) is 12.9. The molecule has 0 aromatic rings. The average molecular weight is 705 g/mol. The molecule has 7 fully saturated rings. The lowest BCUT2D eigenvalue weighted by molar-refractivity contribution is -0.217. The zero-order valence-electron chi connectivity index (χ0n) is 31.7. The van der Waals surface area contributed by atoms with Gasteiger partial charge in [0.05, 0.1) is 63.1 Å². The van der Waals surface area contributed by atoms with Crippen LogP contribution >= 0.6 is 0 Å². The minimum atomic E-state index is -0.121. The van der Waals surface area contributed by atoms with Crippen molar-refractivity contribution in [2.24, 2.45) is 23.7 Å².